The molecule has 0 amide bonds. The molecule has 1 aromatic heterocycles. The summed E-state index contributed by atoms with van der Waals surface area (Å²) < 4.78 is 37.3. The molecule has 43 heavy (non-hydrogen) atoms. The van der Waals surface area contributed by atoms with Gasteiger partial charge in [0.05, 0.1) is 6.61 Å². The standard InChI is InChI=1S/C26H30N7O9P/c1-25(2,23(36)39-15-17-9-5-3-6-10-17)31-43(38,42-18-11-7-4-8-12-18)40-16-26(30-32-28)21(35)20(34)22(41-26)33-14-13-19(27)29-24(33)37/h3-14,20-22,34-35H,15-16H2,1-2H3,(H,31,38)(H2,27,29,37)/t20-,21+,22-,26-,43?/m0/s1. The summed E-state index contributed by atoms with van der Waals surface area (Å²) in [5.74, 6) is -0.826. The number of aliphatic hydroxyl groups excluding tert-OH is 2. The maximum absolute atomic E-state index is 14.1. The first-order valence-electron chi connectivity index (χ1n) is 12.8. The van der Waals surface area contributed by atoms with E-state index in [1.807, 2.05) is 6.07 Å². The average Bonchev–Trinajstić information content (AvgIpc) is 3.21. The topological polar surface area (TPSA) is 233 Å². The molecular formula is C26H30N7O9P. The van der Waals surface area contributed by atoms with Crippen LogP contribution in [0.5, 0.6) is 5.75 Å². The van der Waals surface area contributed by atoms with Gasteiger partial charge < -0.3 is 29.9 Å². The van der Waals surface area contributed by atoms with Crippen molar-refractivity contribution in [2.24, 2.45) is 5.11 Å². The number of nitrogens with zero attached hydrogens (tertiary/aromatic N) is 5. The van der Waals surface area contributed by atoms with E-state index in [0.29, 0.717) is 0 Å². The van der Waals surface area contributed by atoms with Crippen molar-refractivity contribution < 1.29 is 38.1 Å². The first-order chi connectivity index (χ1) is 20.4. The van der Waals surface area contributed by atoms with Crippen LogP contribution in [0, 0.1) is 0 Å². The van der Waals surface area contributed by atoms with E-state index in [1.165, 1.54) is 32.0 Å². The molecule has 0 spiro atoms. The predicted octanol–water partition coefficient (Wildman–Crippen LogP) is 2.40. The summed E-state index contributed by atoms with van der Waals surface area (Å²) >= 11 is 0. The summed E-state index contributed by atoms with van der Waals surface area (Å²) in [5.41, 5.74) is 10.5. The van der Waals surface area contributed by atoms with Crippen LogP contribution in [0.4, 0.5) is 5.82 Å². The number of rotatable bonds is 12. The number of anilines is 1. The lowest BCUT2D eigenvalue weighted by molar-refractivity contribution is -0.151. The third kappa shape index (κ3) is 7.39. The van der Waals surface area contributed by atoms with E-state index in [0.717, 1.165) is 16.3 Å². The van der Waals surface area contributed by atoms with E-state index in [1.54, 1.807) is 42.5 Å². The van der Waals surface area contributed by atoms with Gasteiger partial charge in [0, 0.05) is 11.1 Å². The number of nitrogens with two attached hydrogens (primary N) is 1. The first kappa shape index (κ1) is 31.7. The molecule has 0 saturated carbocycles. The maximum atomic E-state index is 14.1. The van der Waals surface area contributed by atoms with Gasteiger partial charge in [0.2, 0.25) is 5.72 Å². The predicted molar refractivity (Wildman–Crippen MR) is 151 cm³/mol. The highest BCUT2D eigenvalue weighted by Crippen LogP contribution is 2.49. The monoisotopic (exact) mass is 615 g/mol. The Balaban J connectivity index is 1.59. The Hall–Kier alpha value is -4.27. The van der Waals surface area contributed by atoms with Gasteiger partial charge in [-0.25, -0.2) is 9.36 Å². The van der Waals surface area contributed by atoms with Crippen molar-refractivity contribution in [1.82, 2.24) is 14.6 Å². The number of nitrogens with one attached hydrogen (secondary N) is 1. The quantitative estimate of drug-likeness (QED) is 0.0756. The number of carbonyl (C=O) groups excluding carboxylic acids is 1. The van der Waals surface area contributed by atoms with Crippen LogP contribution >= 0.6 is 7.75 Å². The van der Waals surface area contributed by atoms with Gasteiger partial charge in [0.25, 0.3) is 0 Å². The second-order valence-electron chi connectivity index (χ2n) is 9.99. The van der Waals surface area contributed by atoms with Crippen molar-refractivity contribution in [3.8, 4) is 5.75 Å². The fourth-order valence-electron chi connectivity index (χ4n) is 4.09. The summed E-state index contributed by atoms with van der Waals surface area (Å²) in [6.45, 7) is 1.74. The summed E-state index contributed by atoms with van der Waals surface area (Å²) in [6.07, 6.45) is -4.25. The number of aromatic nitrogens is 2. The molecule has 228 valence electrons. The summed E-state index contributed by atoms with van der Waals surface area (Å²) in [5, 5.41) is 27.7. The van der Waals surface area contributed by atoms with Crippen LogP contribution in [-0.4, -0.2) is 55.8 Å². The largest absolute Gasteiger partial charge is 0.459 e. The second-order valence-corrected chi connectivity index (χ2v) is 11.7. The van der Waals surface area contributed by atoms with Gasteiger partial charge in [-0.15, -0.1) is 0 Å². The zero-order chi connectivity index (χ0) is 31.3. The number of hydrogen-bond donors (Lipinski definition) is 4. The van der Waals surface area contributed by atoms with Gasteiger partial charge >= 0.3 is 19.4 Å². The number of hydrogen-bond acceptors (Lipinski definition) is 12. The van der Waals surface area contributed by atoms with Crippen molar-refractivity contribution in [2.45, 2.75) is 50.2 Å². The van der Waals surface area contributed by atoms with E-state index in [9.17, 15) is 29.9 Å². The SMILES string of the molecule is CC(C)(NP(=O)(OC[C@]1(N=[N+]=[N-])O[C@H](n2ccc(N)nc2=O)[C@@H](O)[C@H]1O)Oc1ccccc1)C(=O)OCc1ccccc1. The number of nitrogen functional groups attached to an aromatic ring is 1. The second kappa shape index (κ2) is 12.9. The molecule has 4 rings (SSSR count). The van der Waals surface area contributed by atoms with Crippen LogP contribution in [0.3, 0.4) is 0 Å². The Kier molecular flexibility index (Phi) is 9.52. The molecule has 1 fully saturated rings. The van der Waals surface area contributed by atoms with Gasteiger partial charge in [0.15, 0.2) is 6.23 Å². The molecule has 1 aliphatic heterocycles. The smallest absolute Gasteiger partial charge is 0.459 e. The van der Waals surface area contributed by atoms with E-state index in [4.69, 9.17) is 24.3 Å². The average molecular weight is 616 g/mol. The lowest BCUT2D eigenvalue weighted by Crippen LogP contribution is -2.49. The minimum atomic E-state index is -4.59. The molecule has 5 N–H and O–H groups in total. The minimum absolute atomic E-state index is 0.0614. The van der Waals surface area contributed by atoms with Crippen LogP contribution in [0.1, 0.15) is 25.6 Å². The van der Waals surface area contributed by atoms with E-state index in [2.05, 4.69) is 20.1 Å². The van der Waals surface area contributed by atoms with Crippen LogP contribution in [0.15, 0.2) is 82.8 Å². The van der Waals surface area contributed by atoms with Gasteiger partial charge in [-0.05, 0) is 43.1 Å². The zero-order valence-corrected chi connectivity index (χ0v) is 24.0. The maximum Gasteiger partial charge on any atom is 0.459 e. The highest BCUT2D eigenvalue weighted by Gasteiger charge is 2.57. The number of esters is 1. The van der Waals surface area contributed by atoms with E-state index >= 15 is 0 Å². The molecule has 1 saturated heterocycles. The van der Waals surface area contributed by atoms with E-state index < -0.39 is 55.7 Å². The first-order valence-corrected chi connectivity index (χ1v) is 14.4. The lowest BCUT2D eigenvalue weighted by Gasteiger charge is -2.32. The number of ether oxygens (including phenoxy) is 2. The van der Waals surface area contributed by atoms with Crippen LogP contribution in [-0.2, 0) is 30.0 Å². The summed E-state index contributed by atoms with van der Waals surface area (Å²) in [4.78, 5) is 31.6. The van der Waals surface area contributed by atoms with Gasteiger partial charge in [0.1, 0.15) is 35.9 Å². The number of aliphatic hydroxyl groups is 2. The number of benzene rings is 2. The molecule has 2 aromatic carbocycles. The van der Waals surface area contributed by atoms with Crippen LogP contribution < -0.4 is 21.0 Å². The molecule has 1 aliphatic rings. The Labute approximate surface area is 245 Å². The van der Waals surface area contributed by atoms with Crippen molar-refractivity contribution in [3.05, 3.63) is 99.4 Å². The molecule has 5 atom stereocenters. The molecule has 0 bridgehead atoms. The van der Waals surface area contributed by atoms with Crippen molar-refractivity contribution >= 4 is 19.5 Å². The molecule has 17 heteroatoms. The Bertz CT molecular complexity index is 1580. The number of azide groups is 1. The van der Waals surface area contributed by atoms with Gasteiger partial charge in [-0.1, -0.05) is 53.6 Å². The molecule has 1 unspecified atom stereocenters. The van der Waals surface area contributed by atoms with Crippen LogP contribution in [0.25, 0.3) is 10.4 Å². The molecule has 0 aliphatic carbocycles. The lowest BCUT2D eigenvalue weighted by atomic mass is 10.1. The highest BCUT2D eigenvalue weighted by molar-refractivity contribution is 7.52. The summed E-state index contributed by atoms with van der Waals surface area (Å²) in [6, 6.07) is 18.0. The van der Waals surface area contributed by atoms with Gasteiger partial charge in [-0.2, -0.15) is 10.1 Å². The van der Waals surface area contributed by atoms with Gasteiger partial charge in [-0.3, -0.25) is 13.9 Å². The van der Waals surface area contributed by atoms with Crippen molar-refractivity contribution in [1.29, 1.82) is 0 Å². The third-order valence-electron chi connectivity index (χ3n) is 6.29. The summed E-state index contributed by atoms with van der Waals surface area (Å²) in [7, 11) is -4.59. The molecule has 2 heterocycles. The van der Waals surface area contributed by atoms with E-state index in [-0.39, 0.29) is 18.2 Å². The van der Waals surface area contributed by atoms with Crippen molar-refractivity contribution in [2.75, 3.05) is 12.3 Å². The molecule has 16 nitrogen and oxygen atoms in total. The number of carbonyl (C=O) groups is 1. The normalized spacial score (nSPS) is 23.1. The Morgan fingerprint density at radius 3 is 2.49 bits per heavy atom. The number of para-hydroxylation sites is 1. The fourth-order valence-corrected chi connectivity index (χ4v) is 5.78. The zero-order valence-electron chi connectivity index (χ0n) is 23.1. The Morgan fingerprint density at radius 2 is 1.86 bits per heavy atom. The Morgan fingerprint density at radius 1 is 1.21 bits per heavy atom. The molecule has 3 aromatic rings. The molecular weight excluding hydrogens is 585 g/mol. The minimum Gasteiger partial charge on any atom is -0.459 e. The fraction of sp³-hybridized carbons (Fsp3) is 0.346. The van der Waals surface area contributed by atoms with Crippen molar-refractivity contribution in [3.63, 3.8) is 0 Å². The highest BCUT2D eigenvalue weighted by atomic mass is 31.2. The van der Waals surface area contributed by atoms with Crippen LogP contribution in [0.2, 0.25) is 0 Å². The third-order valence-corrected chi connectivity index (χ3v) is 8.04. The molecule has 0 radical (unpaired) electrons.